The largest absolute Gasteiger partial charge is 0.496 e. The Morgan fingerprint density at radius 1 is 0.853 bits per heavy atom. The highest BCUT2D eigenvalue weighted by Crippen LogP contribution is 2.47. The van der Waals surface area contributed by atoms with E-state index in [4.69, 9.17) is 18.9 Å². The van der Waals surface area contributed by atoms with Gasteiger partial charge in [0.25, 0.3) is 0 Å². The molecule has 0 aliphatic carbocycles. The summed E-state index contributed by atoms with van der Waals surface area (Å²) in [5.74, 6) is 1.56. The molecular formula is C28H32O6. The van der Waals surface area contributed by atoms with Gasteiger partial charge in [-0.15, -0.1) is 0 Å². The number of fused-ring (bicyclic) bond motifs is 1. The molecule has 0 aliphatic heterocycles. The van der Waals surface area contributed by atoms with E-state index < -0.39 is 0 Å². The third-order valence-corrected chi connectivity index (χ3v) is 6.06. The highest BCUT2D eigenvalue weighted by Gasteiger charge is 2.26. The van der Waals surface area contributed by atoms with Gasteiger partial charge in [-0.1, -0.05) is 42.8 Å². The van der Waals surface area contributed by atoms with Crippen molar-refractivity contribution in [1.29, 1.82) is 0 Å². The van der Waals surface area contributed by atoms with E-state index in [-0.39, 0.29) is 17.9 Å². The van der Waals surface area contributed by atoms with Crippen LogP contribution in [-0.2, 0) is 14.3 Å². The second-order valence-electron chi connectivity index (χ2n) is 8.19. The fourth-order valence-corrected chi connectivity index (χ4v) is 4.55. The van der Waals surface area contributed by atoms with Gasteiger partial charge in [-0.05, 0) is 43.0 Å². The SMILES string of the molecule is COC(=O)CCCCC(c1ccc(OC(C)=O)cc1)c1c(C)c(OC)c2ccccc2c1OC. The molecule has 180 valence electrons. The minimum Gasteiger partial charge on any atom is -0.496 e. The van der Waals surface area contributed by atoms with Crippen molar-refractivity contribution in [3.05, 3.63) is 65.2 Å². The van der Waals surface area contributed by atoms with E-state index in [1.807, 2.05) is 36.4 Å². The van der Waals surface area contributed by atoms with Crippen molar-refractivity contribution in [2.24, 2.45) is 0 Å². The monoisotopic (exact) mass is 464 g/mol. The van der Waals surface area contributed by atoms with Crippen LogP contribution in [0.1, 0.15) is 55.2 Å². The van der Waals surface area contributed by atoms with Crippen molar-refractivity contribution >= 4 is 22.7 Å². The van der Waals surface area contributed by atoms with E-state index in [0.717, 1.165) is 58.2 Å². The first-order chi connectivity index (χ1) is 16.4. The molecule has 3 rings (SSSR count). The van der Waals surface area contributed by atoms with Crippen molar-refractivity contribution in [3.8, 4) is 17.2 Å². The van der Waals surface area contributed by atoms with Crippen molar-refractivity contribution < 1.29 is 28.5 Å². The van der Waals surface area contributed by atoms with Crippen LogP contribution in [0, 0.1) is 6.92 Å². The number of benzene rings is 3. The molecule has 3 aromatic carbocycles. The van der Waals surface area contributed by atoms with Crippen LogP contribution in [0.5, 0.6) is 17.2 Å². The fourth-order valence-electron chi connectivity index (χ4n) is 4.55. The Bertz CT molecular complexity index is 1150. The smallest absolute Gasteiger partial charge is 0.308 e. The maximum absolute atomic E-state index is 11.6. The van der Waals surface area contributed by atoms with E-state index in [0.29, 0.717) is 12.2 Å². The Labute approximate surface area is 200 Å². The Morgan fingerprint density at radius 2 is 1.47 bits per heavy atom. The Hall–Kier alpha value is -3.54. The molecule has 34 heavy (non-hydrogen) atoms. The number of unbranched alkanes of at least 4 members (excludes halogenated alkanes) is 1. The van der Waals surface area contributed by atoms with Crippen LogP contribution in [0.2, 0.25) is 0 Å². The lowest BCUT2D eigenvalue weighted by molar-refractivity contribution is -0.140. The summed E-state index contributed by atoms with van der Waals surface area (Å²) in [5, 5.41) is 1.98. The maximum atomic E-state index is 11.6. The lowest BCUT2D eigenvalue weighted by Crippen LogP contribution is -2.09. The van der Waals surface area contributed by atoms with Crippen LogP contribution in [-0.4, -0.2) is 33.3 Å². The van der Waals surface area contributed by atoms with E-state index >= 15 is 0 Å². The van der Waals surface area contributed by atoms with Crippen molar-refractivity contribution in [2.45, 2.75) is 45.4 Å². The van der Waals surface area contributed by atoms with Gasteiger partial charge in [-0.3, -0.25) is 9.59 Å². The van der Waals surface area contributed by atoms with Crippen LogP contribution in [0.4, 0.5) is 0 Å². The van der Waals surface area contributed by atoms with Gasteiger partial charge in [-0.25, -0.2) is 0 Å². The summed E-state index contributed by atoms with van der Waals surface area (Å²) in [7, 11) is 4.78. The Balaban J connectivity index is 2.10. The van der Waals surface area contributed by atoms with Gasteiger partial charge in [0.15, 0.2) is 0 Å². The summed E-state index contributed by atoms with van der Waals surface area (Å²) in [6.07, 6.45) is 2.72. The zero-order valence-corrected chi connectivity index (χ0v) is 20.5. The predicted octanol–water partition coefficient (Wildman–Crippen LogP) is 5.96. The zero-order chi connectivity index (χ0) is 24.7. The standard InChI is InChI=1S/C28H32O6/c1-18-26(28(33-5)24-12-7-6-11-23(24)27(18)32-4)22(10-8-9-13-25(30)31-3)20-14-16-21(17-15-20)34-19(2)29/h6-7,11-12,14-17,22H,8-10,13H2,1-5H3. The first-order valence-electron chi connectivity index (χ1n) is 11.4. The minimum atomic E-state index is -0.358. The van der Waals surface area contributed by atoms with Gasteiger partial charge in [0, 0.05) is 35.6 Å². The molecule has 0 saturated carbocycles. The molecule has 0 fully saturated rings. The van der Waals surface area contributed by atoms with Crippen molar-refractivity contribution in [2.75, 3.05) is 21.3 Å². The Kier molecular flexibility index (Phi) is 8.52. The molecule has 1 unspecified atom stereocenters. The zero-order valence-electron chi connectivity index (χ0n) is 20.5. The number of carbonyl (C=O) groups excluding carboxylic acids is 2. The van der Waals surface area contributed by atoms with E-state index in [2.05, 4.69) is 6.92 Å². The van der Waals surface area contributed by atoms with Gasteiger partial charge < -0.3 is 18.9 Å². The van der Waals surface area contributed by atoms with Gasteiger partial charge in [-0.2, -0.15) is 0 Å². The Morgan fingerprint density at radius 3 is 2.03 bits per heavy atom. The summed E-state index contributed by atoms with van der Waals surface area (Å²) < 4.78 is 21.8. The summed E-state index contributed by atoms with van der Waals surface area (Å²) in [5.41, 5.74) is 3.13. The van der Waals surface area contributed by atoms with Crippen LogP contribution >= 0.6 is 0 Å². The van der Waals surface area contributed by atoms with Gasteiger partial charge in [0.2, 0.25) is 0 Å². The summed E-state index contributed by atoms with van der Waals surface area (Å²) in [4.78, 5) is 22.9. The molecule has 0 saturated heterocycles. The van der Waals surface area contributed by atoms with Crippen molar-refractivity contribution in [1.82, 2.24) is 0 Å². The maximum Gasteiger partial charge on any atom is 0.308 e. The minimum absolute atomic E-state index is 0.0162. The first kappa shape index (κ1) is 25.1. The third kappa shape index (κ3) is 5.50. The molecule has 6 heteroatoms. The van der Waals surface area contributed by atoms with Crippen molar-refractivity contribution in [3.63, 3.8) is 0 Å². The number of methoxy groups -OCH3 is 3. The lowest BCUT2D eigenvalue weighted by Gasteiger charge is -2.26. The first-order valence-corrected chi connectivity index (χ1v) is 11.4. The number of hydrogen-bond donors (Lipinski definition) is 0. The van der Waals surface area contributed by atoms with Crippen LogP contribution in [0.3, 0.4) is 0 Å². The molecule has 0 aliphatic rings. The number of ether oxygens (including phenoxy) is 4. The summed E-state index contributed by atoms with van der Waals surface area (Å²) in [6.45, 7) is 3.44. The highest BCUT2D eigenvalue weighted by molar-refractivity contribution is 5.96. The third-order valence-electron chi connectivity index (χ3n) is 6.06. The normalized spacial score (nSPS) is 11.7. The molecule has 0 N–H and O–H groups in total. The second-order valence-corrected chi connectivity index (χ2v) is 8.19. The number of rotatable bonds is 10. The second kappa shape index (κ2) is 11.5. The lowest BCUT2D eigenvalue weighted by atomic mass is 9.82. The predicted molar refractivity (Wildman–Crippen MR) is 132 cm³/mol. The molecule has 0 heterocycles. The molecule has 1 atom stereocenters. The molecule has 0 amide bonds. The number of esters is 2. The summed E-state index contributed by atoms with van der Waals surface area (Å²) in [6, 6.07) is 15.6. The number of hydrogen-bond acceptors (Lipinski definition) is 6. The molecular weight excluding hydrogens is 432 g/mol. The topological polar surface area (TPSA) is 71.1 Å². The van der Waals surface area contributed by atoms with Gasteiger partial charge >= 0.3 is 11.9 Å². The van der Waals surface area contributed by atoms with Crippen LogP contribution in [0.25, 0.3) is 10.8 Å². The fraction of sp³-hybridized carbons (Fsp3) is 0.357. The average molecular weight is 465 g/mol. The molecule has 0 radical (unpaired) electrons. The molecule has 3 aromatic rings. The average Bonchev–Trinajstić information content (AvgIpc) is 2.84. The van der Waals surface area contributed by atoms with Gasteiger partial charge in [0.05, 0.1) is 21.3 Å². The van der Waals surface area contributed by atoms with Crippen LogP contribution < -0.4 is 14.2 Å². The molecule has 0 aromatic heterocycles. The van der Waals surface area contributed by atoms with Gasteiger partial charge in [0.1, 0.15) is 17.2 Å². The molecule has 6 nitrogen and oxygen atoms in total. The van der Waals surface area contributed by atoms with E-state index in [1.54, 1.807) is 26.4 Å². The van der Waals surface area contributed by atoms with E-state index in [1.165, 1.54) is 14.0 Å². The summed E-state index contributed by atoms with van der Waals surface area (Å²) >= 11 is 0. The molecule has 0 spiro atoms. The highest BCUT2D eigenvalue weighted by atomic mass is 16.5. The van der Waals surface area contributed by atoms with E-state index in [9.17, 15) is 9.59 Å². The number of carbonyl (C=O) groups is 2. The molecule has 0 bridgehead atoms. The van der Waals surface area contributed by atoms with Crippen LogP contribution in [0.15, 0.2) is 48.5 Å². The quantitative estimate of drug-likeness (QED) is 0.210.